The predicted molar refractivity (Wildman–Crippen MR) is 64.2 cm³/mol. The van der Waals surface area contributed by atoms with E-state index in [0.717, 1.165) is 36.9 Å². The van der Waals surface area contributed by atoms with E-state index in [1.54, 1.807) is 6.20 Å². The molecule has 1 aromatic rings. The van der Waals surface area contributed by atoms with Crippen LogP contribution in [0, 0.1) is 17.8 Å². The summed E-state index contributed by atoms with van der Waals surface area (Å²) in [5, 5.41) is 3.04. The van der Waals surface area contributed by atoms with Crippen LogP contribution in [0.25, 0.3) is 0 Å². The van der Waals surface area contributed by atoms with E-state index in [9.17, 15) is 4.79 Å². The first kappa shape index (κ1) is 10.8. The van der Waals surface area contributed by atoms with Gasteiger partial charge in [0.05, 0.1) is 0 Å². The lowest BCUT2D eigenvalue weighted by atomic mass is 10.0. The summed E-state index contributed by atoms with van der Waals surface area (Å²) in [5.74, 6) is 3.33. The molecule has 2 saturated carbocycles. The Kier molecular flexibility index (Phi) is 2.65. The van der Waals surface area contributed by atoms with Gasteiger partial charge in [0, 0.05) is 38.3 Å². The van der Waals surface area contributed by atoms with Crippen molar-refractivity contribution in [2.45, 2.75) is 25.7 Å². The fourth-order valence-corrected chi connectivity index (χ4v) is 3.01. The van der Waals surface area contributed by atoms with Crippen molar-refractivity contribution >= 4 is 5.91 Å². The van der Waals surface area contributed by atoms with Gasteiger partial charge >= 0.3 is 0 Å². The summed E-state index contributed by atoms with van der Waals surface area (Å²) in [4.78, 5) is 16.1. The minimum Gasteiger partial charge on any atom is -0.355 e. The van der Waals surface area contributed by atoms with Crippen LogP contribution in [0.1, 0.15) is 25.1 Å². The molecule has 92 valence electrons. The zero-order valence-corrected chi connectivity index (χ0v) is 10.2. The third-order valence-electron chi connectivity index (χ3n) is 4.18. The van der Waals surface area contributed by atoms with Gasteiger partial charge in [0.2, 0.25) is 5.91 Å². The van der Waals surface area contributed by atoms with Crippen LogP contribution < -0.4 is 5.32 Å². The second kappa shape index (κ2) is 4.17. The lowest BCUT2D eigenvalue weighted by Crippen LogP contribution is -2.32. The highest BCUT2D eigenvalue weighted by molar-refractivity contribution is 5.79. The highest BCUT2D eigenvalue weighted by Crippen LogP contribution is 2.54. The van der Waals surface area contributed by atoms with Gasteiger partial charge in [0.25, 0.3) is 0 Å². The Hall–Kier alpha value is -1.32. The van der Waals surface area contributed by atoms with E-state index >= 15 is 0 Å². The van der Waals surface area contributed by atoms with Gasteiger partial charge in [-0.25, -0.2) is 4.98 Å². The number of hydrogen-bond donors (Lipinski definition) is 1. The molecule has 0 aliphatic heterocycles. The fraction of sp³-hybridized carbons (Fsp3) is 0.692. The van der Waals surface area contributed by atoms with E-state index in [1.807, 2.05) is 17.8 Å². The van der Waals surface area contributed by atoms with E-state index < -0.39 is 0 Å². The van der Waals surface area contributed by atoms with Gasteiger partial charge in [-0.2, -0.15) is 0 Å². The summed E-state index contributed by atoms with van der Waals surface area (Å²) in [5.41, 5.74) is 0. The molecule has 2 fully saturated rings. The lowest BCUT2D eigenvalue weighted by Gasteiger charge is -2.12. The first-order valence-corrected chi connectivity index (χ1v) is 6.48. The molecule has 1 aromatic heterocycles. The molecule has 2 aliphatic carbocycles. The Morgan fingerprint density at radius 1 is 1.47 bits per heavy atom. The second-order valence-corrected chi connectivity index (χ2v) is 5.42. The number of imidazole rings is 1. The first-order chi connectivity index (χ1) is 8.24. The van der Waals surface area contributed by atoms with Crippen LogP contribution >= 0.6 is 0 Å². The van der Waals surface area contributed by atoms with Crippen molar-refractivity contribution in [1.82, 2.24) is 14.9 Å². The number of carbonyl (C=O) groups is 1. The van der Waals surface area contributed by atoms with Crippen molar-refractivity contribution in [3.8, 4) is 0 Å². The predicted octanol–water partition coefficient (Wildman–Crippen LogP) is 1.12. The average Bonchev–Trinajstić information content (AvgIpc) is 2.73. The number of nitrogens with zero attached hydrogens (tertiary/aromatic N) is 2. The molecular formula is C13H19N3O. The second-order valence-electron chi connectivity index (χ2n) is 5.42. The topological polar surface area (TPSA) is 46.9 Å². The molecule has 4 heteroatoms. The summed E-state index contributed by atoms with van der Waals surface area (Å²) in [6.07, 6.45) is 8.16. The summed E-state index contributed by atoms with van der Waals surface area (Å²) in [6.45, 7) is 0.704. The van der Waals surface area contributed by atoms with Crippen molar-refractivity contribution in [3.63, 3.8) is 0 Å². The maximum Gasteiger partial charge on any atom is 0.223 e. The molecular weight excluding hydrogens is 214 g/mol. The zero-order valence-electron chi connectivity index (χ0n) is 10.2. The van der Waals surface area contributed by atoms with E-state index in [2.05, 4.69) is 10.3 Å². The summed E-state index contributed by atoms with van der Waals surface area (Å²) < 4.78 is 2.00. The molecule has 0 saturated heterocycles. The number of fused-ring (bicyclic) bond motifs is 1. The van der Waals surface area contributed by atoms with Crippen molar-refractivity contribution in [3.05, 3.63) is 18.2 Å². The number of hydrogen-bond acceptors (Lipinski definition) is 2. The zero-order chi connectivity index (χ0) is 11.8. The minimum absolute atomic E-state index is 0.256. The van der Waals surface area contributed by atoms with Crippen molar-refractivity contribution in [1.29, 1.82) is 0 Å². The molecule has 2 aliphatic rings. The Labute approximate surface area is 101 Å². The van der Waals surface area contributed by atoms with Crippen molar-refractivity contribution < 1.29 is 4.79 Å². The van der Waals surface area contributed by atoms with Crippen LogP contribution in [0.15, 0.2) is 12.4 Å². The van der Waals surface area contributed by atoms with Gasteiger partial charge in [0.1, 0.15) is 5.82 Å². The Balaban J connectivity index is 1.42. The molecule has 0 bridgehead atoms. The minimum atomic E-state index is 0.256. The number of aromatic nitrogens is 2. The maximum absolute atomic E-state index is 11.9. The number of aryl methyl sites for hydroxylation is 1. The van der Waals surface area contributed by atoms with Crippen LogP contribution in [-0.2, 0) is 18.3 Å². The monoisotopic (exact) mass is 233 g/mol. The van der Waals surface area contributed by atoms with Gasteiger partial charge in [0.15, 0.2) is 0 Å². The van der Waals surface area contributed by atoms with Crippen LogP contribution in [0.5, 0.6) is 0 Å². The number of nitrogens with one attached hydrogen (secondary N) is 1. The summed E-state index contributed by atoms with van der Waals surface area (Å²) >= 11 is 0. The summed E-state index contributed by atoms with van der Waals surface area (Å²) in [7, 11) is 1.98. The summed E-state index contributed by atoms with van der Waals surface area (Å²) in [6, 6.07) is 0. The molecule has 2 atom stereocenters. The molecule has 0 spiro atoms. The van der Waals surface area contributed by atoms with Crippen molar-refractivity contribution in [2.75, 3.05) is 6.54 Å². The van der Waals surface area contributed by atoms with Gasteiger partial charge in [-0.3, -0.25) is 4.79 Å². The van der Waals surface area contributed by atoms with Gasteiger partial charge in [-0.1, -0.05) is 0 Å². The molecule has 0 aromatic carbocycles. The molecule has 0 radical (unpaired) electrons. The SMILES string of the molecule is Cn1ccnc1CCNC(=O)C1CC2CC2C1. The average molecular weight is 233 g/mol. The third-order valence-corrected chi connectivity index (χ3v) is 4.18. The Morgan fingerprint density at radius 2 is 2.24 bits per heavy atom. The lowest BCUT2D eigenvalue weighted by molar-refractivity contribution is -0.125. The standard InChI is InChI=1S/C13H19N3O/c1-16-5-4-14-12(16)2-3-15-13(17)11-7-9-6-10(9)8-11/h4-5,9-11H,2-3,6-8H2,1H3,(H,15,17). The number of amides is 1. The van der Waals surface area contributed by atoms with E-state index in [-0.39, 0.29) is 5.91 Å². The van der Waals surface area contributed by atoms with Gasteiger partial charge in [-0.05, 0) is 31.1 Å². The third kappa shape index (κ3) is 2.21. The normalized spacial score (nSPS) is 30.1. The van der Waals surface area contributed by atoms with Crippen LogP contribution in [-0.4, -0.2) is 22.0 Å². The Morgan fingerprint density at radius 3 is 2.88 bits per heavy atom. The Bertz CT molecular complexity index is 416. The van der Waals surface area contributed by atoms with Crippen LogP contribution in [0.2, 0.25) is 0 Å². The molecule has 4 nitrogen and oxygen atoms in total. The van der Waals surface area contributed by atoms with E-state index in [0.29, 0.717) is 12.5 Å². The van der Waals surface area contributed by atoms with Gasteiger partial charge < -0.3 is 9.88 Å². The fourth-order valence-electron chi connectivity index (χ4n) is 3.01. The molecule has 1 heterocycles. The van der Waals surface area contributed by atoms with Crippen LogP contribution in [0.3, 0.4) is 0 Å². The number of rotatable bonds is 4. The van der Waals surface area contributed by atoms with Gasteiger partial charge in [-0.15, -0.1) is 0 Å². The largest absolute Gasteiger partial charge is 0.355 e. The molecule has 1 N–H and O–H groups in total. The van der Waals surface area contributed by atoms with E-state index in [4.69, 9.17) is 0 Å². The van der Waals surface area contributed by atoms with Crippen molar-refractivity contribution in [2.24, 2.45) is 24.8 Å². The highest BCUT2D eigenvalue weighted by Gasteiger charge is 2.47. The quantitative estimate of drug-likeness (QED) is 0.847. The first-order valence-electron chi connectivity index (χ1n) is 6.48. The maximum atomic E-state index is 11.9. The van der Waals surface area contributed by atoms with Crippen LogP contribution in [0.4, 0.5) is 0 Å². The molecule has 1 amide bonds. The molecule has 17 heavy (non-hydrogen) atoms. The molecule has 2 unspecified atom stereocenters. The van der Waals surface area contributed by atoms with E-state index in [1.165, 1.54) is 6.42 Å². The number of carbonyl (C=O) groups excluding carboxylic acids is 1. The molecule has 3 rings (SSSR count). The smallest absolute Gasteiger partial charge is 0.223 e. The highest BCUT2D eigenvalue weighted by atomic mass is 16.1.